The number of benzene rings is 2. The van der Waals surface area contributed by atoms with Crippen LogP contribution in [0.2, 0.25) is 0 Å². The van der Waals surface area contributed by atoms with Crippen molar-refractivity contribution in [2.75, 3.05) is 5.32 Å². The van der Waals surface area contributed by atoms with Gasteiger partial charge in [-0.3, -0.25) is 4.40 Å². The van der Waals surface area contributed by atoms with Crippen LogP contribution in [0.4, 0.5) is 24.7 Å². The van der Waals surface area contributed by atoms with Crippen molar-refractivity contribution in [3.63, 3.8) is 0 Å². The Morgan fingerprint density at radius 1 is 1.04 bits per heavy atom. The average Bonchev–Trinajstić information content (AvgIpc) is 3.04. The zero-order valence-corrected chi connectivity index (χ0v) is 14.1. The molecule has 0 saturated carbocycles. The van der Waals surface area contributed by atoms with Gasteiger partial charge in [0, 0.05) is 22.6 Å². The number of alkyl halides is 3. The number of para-hydroxylation sites is 1. The Labute approximate surface area is 148 Å². The number of halogens is 4. The van der Waals surface area contributed by atoms with Gasteiger partial charge in [0.1, 0.15) is 0 Å². The fraction of sp³-hybridized carbons (Fsp3) is 0.0588. The first-order chi connectivity index (χ1) is 11.9. The SMILES string of the molecule is FC(F)(F)c1ccc(Nc2nc3cccc(Br)c3n3ccnc23)cc1. The molecule has 0 radical (unpaired) electrons. The van der Waals surface area contributed by atoms with E-state index in [1.54, 1.807) is 6.20 Å². The van der Waals surface area contributed by atoms with Gasteiger partial charge in [0.25, 0.3) is 0 Å². The van der Waals surface area contributed by atoms with Gasteiger partial charge in [0.05, 0.1) is 16.6 Å². The number of nitrogens with one attached hydrogen (secondary N) is 1. The first kappa shape index (κ1) is 15.9. The fourth-order valence-electron chi connectivity index (χ4n) is 2.63. The summed E-state index contributed by atoms with van der Waals surface area (Å²) in [5.41, 5.74) is 1.99. The second-order valence-electron chi connectivity index (χ2n) is 5.39. The van der Waals surface area contributed by atoms with Gasteiger partial charge in [-0.2, -0.15) is 13.2 Å². The number of aromatic nitrogens is 3. The summed E-state index contributed by atoms with van der Waals surface area (Å²) in [4.78, 5) is 8.86. The number of fused-ring (bicyclic) bond motifs is 3. The number of nitrogens with zero attached hydrogens (tertiary/aromatic N) is 3. The molecule has 25 heavy (non-hydrogen) atoms. The van der Waals surface area contributed by atoms with E-state index in [0.717, 1.165) is 27.6 Å². The van der Waals surface area contributed by atoms with Gasteiger partial charge >= 0.3 is 6.18 Å². The highest BCUT2D eigenvalue weighted by molar-refractivity contribution is 9.10. The molecular formula is C17H10BrF3N4. The van der Waals surface area contributed by atoms with Crippen LogP contribution in [0.15, 0.2) is 59.3 Å². The van der Waals surface area contributed by atoms with Crippen LogP contribution >= 0.6 is 15.9 Å². The van der Waals surface area contributed by atoms with Gasteiger partial charge < -0.3 is 5.32 Å². The first-order valence-corrected chi connectivity index (χ1v) is 8.08. The fourth-order valence-corrected chi connectivity index (χ4v) is 3.17. The number of hydrogen-bond donors (Lipinski definition) is 1. The molecule has 0 unspecified atom stereocenters. The Morgan fingerprint density at radius 3 is 2.52 bits per heavy atom. The van der Waals surface area contributed by atoms with E-state index < -0.39 is 11.7 Å². The second-order valence-corrected chi connectivity index (χ2v) is 6.24. The molecule has 2 aromatic carbocycles. The summed E-state index contributed by atoms with van der Waals surface area (Å²) in [5.74, 6) is 0.468. The van der Waals surface area contributed by atoms with Crippen molar-refractivity contribution < 1.29 is 13.2 Å². The molecule has 126 valence electrons. The summed E-state index contributed by atoms with van der Waals surface area (Å²) in [6.45, 7) is 0. The zero-order valence-electron chi connectivity index (χ0n) is 12.5. The lowest BCUT2D eigenvalue weighted by Crippen LogP contribution is -2.05. The lowest BCUT2D eigenvalue weighted by molar-refractivity contribution is -0.137. The van der Waals surface area contributed by atoms with Gasteiger partial charge in [-0.15, -0.1) is 0 Å². The predicted octanol–water partition coefficient (Wildman–Crippen LogP) is 5.41. The highest BCUT2D eigenvalue weighted by Gasteiger charge is 2.30. The van der Waals surface area contributed by atoms with Gasteiger partial charge in [0.15, 0.2) is 11.5 Å². The van der Waals surface area contributed by atoms with E-state index in [2.05, 4.69) is 31.2 Å². The van der Waals surface area contributed by atoms with Crippen molar-refractivity contribution in [2.24, 2.45) is 0 Å². The molecule has 4 aromatic rings. The van der Waals surface area contributed by atoms with Crippen molar-refractivity contribution in [2.45, 2.75) is 6.18 Å². The van der Waals surface area contributed by atoms with Crippen molar-refractivity contribution in [1.29, 1.82) is 0 Å². The Morgan fingerprint density at radius 2 is 1.80 bits per heavy atom. The lowest BCUT2D eigenvalue weighted by Gasteiger charge is -2.12. The lowest BCUT2D eigenvalue weighted by atomic mass is 10.2. The number of anilines is 2. The van der Waals surface area contributed by atoms with Crippen LogP contribution < -0.4 is 5.32 Å². The maximum atomic E-state index is 12.7. The van der Waals surface area contributed by atoms with Crippen LogP contribution in [0, 0.1) is 0 Å². The summed E-state index contributed by atoms with van der Waals surface area (Å²) < 4.78 is 40.8. The van der Waals surface area contributed by atoms with Gasteiger partial charge in [-0.25, -0.2) is 9.97 Å². The largest absolute Gasteiger partial charge is 0.416 e. The summed E-state index contributed by atoms with van der Waals surface area (Å²) in [6, 6.07) is 10.4. The molecule has 8 heteroatoms. The molecule has 0 aliphatic rings. The van der Waals surface area contributed by atoms with Crippen LogP contribution in [0.5, 0.6) is 0 Å². The molecule has 0 aliphatic carbocycles. The highest BCUT2D eigenvalue weighted by atomic mass is 79.9. The smallest absolute Gasteiger partial charge is 0.337 e. The normalized spacial score (nSPS) is 12.0. The van der Waals surface area contributed by atoms with Gasteiger partial charge in [-0.05, 0) is 52.3 Å². The monoisotopic (exact) mass is 406 g/mol. The van der Waals surface area contributed by atoms with E-state index in [4.69, 9.17) is 0 Å². The zero-order chi connectivity index (χ0) is 17.6. The van der Waals surface area contributed by atoms with E-state index in [9.17, 15) is 13.2 Å². The van der Waals surface area contributed by atoms with Gasteiger partial charge in [-0.1, -0.05) is 6.07 Å². The maximum Gasteiger partial charge on any atom is 0.416 e. The van der Waals surface area contributed by atoms with Crippen LogP contribution in [0.3, 0.4) is 0 Å². The van der Waals surface area contributed by atoms with Crippen molar-refractivity contribution in [3.05, 3.63) is 64.9 Å². The van der Waals surface area contributed by atoms with E-state index in [0.29, 0.717) is 17.2 Å². The minimum Gasteiger partial charge on any atom is -0.337 e. The Kier molecular flexibility index (Phi) is 3.64. The molecule has 1 N–H and O–H groups in total. The molecule has 2 aromatic heterocycles. The molecular weight excluding hydrogens is 397 g/mol. The van der Waals surface area contributed by atoms with Crippen molar-refractivity contribution in [1.82, 2.24) is 14.4 Å². The Hall–Kier alpha value is -2.61. The highest BCUT2D eigenvalue weighted by Crippen LogP contribution is 2.31. The molecule has 0 fully saturated rings. The van der Waals surface area contributed by atoms with Crippen LogP contribution in [-0.2, 0) is 6.18 Å². The van der Waals surface area contributed by atoms with E-state index in [1.165, 1.54) is 12.1 Å². The molecule has 4 rings (SSSR count). The van der Waals surface area contributed by atoms with E-state index >= 15 is 0 Å². The van der Waals surface area contributed by atoms with Crippen LogP contribution in [-0.4, -0.2) is 14.4 Å². The molecule has 4 nitrogen and oxygen atoms in total. The molecule has 0 saturated heterocycles. The summed E-state index contributed by atoms with van der Waals surface area (Å²) in [5, 5.41) is 3.05. The summed E-state index contributed by atoms with van der Waals surface area (Å²) >= 11 is 3.51. The molecule has 0 spiro atoms. The molecule has 0 bridgehead atoms. The van der Waals surface area contributed by atoms with Crippen molar-refractivity contribution in [3.8, 4) is 0 Å². The number of imidazole rings is 1. The average molecular weight is 407 g/mol. The van der Waals surface area contributed by atoms with E-state index in [1.807, 2.05) is 28.8 Å². The second kappa shape index (κ2) is 5.73. The topological polar surface area (TPSA) is 42.2 Å². The maximum absolute atomic E-state index is 12.7. The van der Waals surface area contributed by atoms with Crippen LogP contribution in [0.1, 0.15) is 5.56 Å². The minimum absolute atomic E-state index is 0.468. The van der Waals surface area contributed by atoms with Crippen LogP contribution in [0.25, 0.3) is 16.7 Å². The third kappa shape index (κ3) is 2.82. The third-order valence-corrected chi connectivity index (χ3v) is 4.41. The molecule has 2 heterocycles. The molecule has 0 amide bonds. The van der Waals surface area contributed by atoms with Crippen molar-refractivity contribution >= 4 is 44.1 Å². The first-order valence-electron chi connectivity index (χ1n) is 7.29. The standard InChI is InChI=1S/C17H10BrF3N4/c18-12-2-1-3-13-14(12)25-9-8-22-16(25)15(24-13)23-11-6-4-10(5-7-11)17(19,20)21/h1-9H,(H,23,24). The Bertz CT molecular complexity index is 1070. The number of rotatable bonds is 2. The van der Waals surface area contributed by atoms with E-state index in [-0.39, 0.29) is 0 Å². The van der Waals surface area contributed by atoms with Gasteiger partial charge in [0.2, 0.25) is 0 Å². The predicted molar refractivity (Wildman–Crippen MR) is 92.9 cm³/mol. The quantitative estimate of drug-likeness (QED) is 0.484. The number of hydrogen-bond acceptors (Lipinski definition) is 3. The Balaban J connectivity index is 1.80. The third-order valence-electron chi connectivity index (χ3n) is 3.77. The molecule has 0 atom stereocenters. The molecule has 0 aliphatic heterocycles. The minimum atomic E-state index is -4.36. The summed E-state index contributed by atoms with van der Waals surface area (Å²) in [7, 11) is 0. The summed E-state index contributed by atoms with van der Waals surface area (Å²) in [6.07, 6.45) is -0.905.